The van der Waals surface area contributed by atoms with Gasteiger partial charge in [-0.05, 0) is 54.3 Å². The normalized spacial score (nSPS) is 16.2. The lowest BCUT2D eigenvalue weighted by atomic mass is 10.1. The molecule has 2 aromatic carbocycles. The van der Waals surface area contributed by atoms with Crippen LogP contribution >= 0.6 is 0 Å². The van der Waals surface area contributed by atoms with Gasteiger partial charge in [0.05, 0.1) is 4.90 Å². The molecule has 176 valence electrons. The van der Waals surface area contributed by atoms with Crippen LogP contribution in [0.3, 0.4) is 0 Å². The number of piperazine rings is 1. The van der Waals surface area contributed by atoms with Crippen molar-refractivity contribution >= 4 is 27.6 Å². The van der Waals surface area contributed by atoms with Crippen LogP contribution in [0.25, 0.3) is 0 Å². The fourth-order valence-corrected chi connectivity index (χ4v) is 5.49. The smallest absolute Gasteiger partial charge is 0.317 e. The highest BCUT2D eigenvalue weighted by Crippen LogP contribution is 2.23. The molecule has 1 saturated heterocycles. The van der Waals surface area contributed by atoms with E-state index in [9.17, 15) is 13.2 Å². The molecule has 2 N–H and O–H groups in total. The van der Waals surface area contributed by atoms with Crippen LogP contribution < -0.4 is 14.9 Å². The molecular formula is C24H26N6O3S. The second-order valence-electron chi connectivity index (χ2n) is 8.49. The summed E-state index contributed by atoms with van der Waals surface area (Å²) in [6.45, 7) is 2.59. The maximum absolute atomic E-state index is 12.8. The largest absolute Gasteiger partial charge is 0.368 e. The number of carbonyl (C=O) groups is 1. The van der Waals surface area contributed by atoms with Crippen molar-refractivity contribution in [3.05, 3.63) is 78.2 Å². The summed E-state index contributed by atoms with van der Waals surface area (Å²) in [5.74, 6) is 0.218. The maximum Gasteiger partial charge on any atom is 0.317 e. The minimum Gasteiger partial charge on any atom is -0.368 e. The predicted octanol–water partition coefficient (Wildman–Crippen LogP) is 2.28. The Balaban J connectivity index is 1.14. The number of urea groups is 1. The predicted molar refractivity (Wildman–Crippen MR) is 129 cm³/mol. The number of nitrogens with one attached hydrogen (secondary N) is 2. The number of fused-ring (bicyclic) bond motifs is 1. The molecule has 10 heteroatoms. The molecule has 0 radical (unpaired) electrons. The summed E-state index contributed by atoms with van der Waals surface area (Å²) >= 11 is 0. The maximum atomic E-state index is 12.8. The topological polar surface area (TPSA) is 108 Å². The van der Waals surface area contributed by atoms with E-state index >= 15 is 0 Å². The minimum absolute atomic E-state index is 0.0188. The third-order valence-corrected chi connectivity index (χ3v) is 7.65. The van der Waals surface area contributed by atoms with Crippen molar-refractivity contribution in [1.29, 1.82) is 0 Å². The van der Waals surface area contributed by atoms with Gasteiger partial charge < -0.3 is 15.1 Å². The Kier molecular flexibility index (Phi) is 6.06. The van der Waals surface area contributed by atoms with E-state index < -0.39 is 10.0 Å². The number of hydrogen-bond acceptors (Lipinski definition) is 6. The standard InChI is InChI=1S/C24H26N6O3S/c31-24(27-20-15-18-3-1-2-4-19(18)16-20)30-13-11-29(12-14-30)21-5-7-22(8-6-21)34(32,33)28-23-9-10-25-17-26-23/h1-10,17,20H,11-16H2,(H,27,31)(H,25,26,28). The summed E-state index contributed by atoms with van der Waals surface area (Å²) in [6, 6.07) is 16.7. The van der Waals surface area contributed by atoms with Gasteiger partial charge in [0, 0.05) is 44.1 Å². The highest BCUT2D eigenvalue weighted by Gasteiger charge is 2.27. The summed E-state index contributed by atoms with van der Waals surface area (Å²) in [4.78, 5) is 24.6. The van der Waals surface area contributed by atoms with Crippen molar-refractivity contribution in [2.24, 2.45) is 0 Å². The number of amides is 2. The molecule has 0 bridgehead atoms. The summed E-state index contributed by atoms with van der Waals surface area (Å²) in [5.41, 5.74) is 3.55. The first-order chi connectivity index (χ1) is 16.5. The Morgan fingerprint density at radius 3 is 2.21 bits per heavy atom. The molecule has 1 aliphatic carbocycles. The van der Waals surface area contributed by atoms with Gasteiger partial charge in [0.25, 0.3) is 10.0 Å². The van der Waals surface area contributed by atoms with Crippen LogP contribution in [0.4, 0.5) is 16.3 Å². The first-order valence-electron chi connectivity index (χ1n) is 11.2. The number of benzene rings is 2. The highest BCUT2D eigenvalue weighted by atomic mass is 32.2. The van der Waals surface area contributed by atoms with Crippen molar-refractivity contribution in [2.45, 2.75) is 23.8 Å². The summed E-state index contributed by atoms with van der Waals surface area (Å²) in [7, 11) is -3.73. The number of anilines is 2. The average Bonchev–Trinajstić information content (AvgIpc) is 3.27. The van der Waals surface area contributed by atoms with Crippen LogP contribution in [0.2, 0.25) is 0 Å². The number of aromatic nitrogens is 2. The van der Waals surface area contributed by atoms with Gasteiger partial charge in [0.15, 0.2) is 0 Å². The molecule has 0 saturated carbocycles. The molecule has 5 rings (SSSR count). The van der Waals surface area contributed by atoms with E-state index in [2.05, 4.69) is 37.0 Å². The Hall–Kier alpha value is -3.66. The molecule has 9 nitrogen and oxygen atoms in total. The van der Waals surface area contributed by atoms with Crippen LogP contribution in [0, 0.1) is 0 Å². The molecule has 2 aliphatic rings. The molecule has 1 fully saturated rings. The van der Waals surface area contributed by atoms with Gasteiger partial charge in [-0.25, -0.2) is 23.2 Å². The van der Waals surface area contributed by atoms with Crippen LogP contribution in [-0.2, 0) is 22.9 Å². The Bertz CT molecular complexity index is 1230. The minimum atomic E-state index is -3.73. The van der Waals surface area contributed by atoms with Crippen molar-refractivity contribution in [1.82, 2.24) is 20.2 Å². The van der Waals surface area contributed by atoms with Crippen molar-refractivity contribution < 1.29 is 13.2 Å². The third-order valence-electron chi connectivity index (χ3n) is 6.28. The van der Waals surface area contributed by atoms with E-state index in [0.29, 0.717) is 26.2 Å². The zero-order chi connectivity index (χ0) is 23.5. The molecular weight excluding hydrogens is 452 g/mol. The number of rotatable bonds is 5. The van der Waals surface area contributed by atoms with E-state index in [1.807, 2.05) is 17.0 Å². The van der Waals surface area contributed by atoms with E-state index in [1.165, 1.54) is 29.7 Å². The van der Waals surface area contributed by atoms with Gasteiger partial charge in [-0.15, -0.1) is 0 Å². The van der Waals surface area contributed by atoms with Gasteiger partial charge in [-0.2, -0.15) is 0 Å². The fourth-order valence-electron chi connectivity index (χ4n) is 4.48. The van der Waals surface area contributed by atoms with Gasteiger partial charge >= 0.3 is 6.03 Å². The second kappa shape index (κ2) is 9.30. The van der Waals surface area contributed by atoms with Crippen molar-refractivity contribution in [3.8, 4) is 0 Å². The molecule has 0 spiro atoms. The van der Waals surface area contributed by atoms with E-state index in [-0.39, 0.29) is 22.8 Å². The molecule has 0 atom stereocenters. The number of carbonyl (C=O) groups excluding carboxylic acids is 1. The lowest BCUT2D eigenvalue weighted by Crippen LogP contribution is -2.53. The van der Waals surface area contributed by atoms with Crippen LogP contribution in [-0.4, -0.2) is 61.5 Å². The first kappa shape index (κ1) is 22.1. The van der Waals surface area contributed by atoms with Gasteiger partial charge in [-0.1, -0.05) is 24.3 Å². The first-order valence-corrected chi connectivity index (χ1v) is 12.7. The fraction of sp³-hybridized carbons (Fsp3) is 0.292. The van der Waals surface area contributed by atoms with E-state index in [1.54, 1.807) is 24.3 Å². The van der Waals surface area contributed by atoms with Gasteiger partial charge in [-0.3, -0.25) is 4.72 Å². The average molecular weight is 479 g/mol. The zero-order valence-corrected chi connectivity index (χ0v) is 19.4. The summed E-state index contributed by atoms with van der Waals surface area (Å²) in [5, 5.41) is 3.18. The van der Waals surface area contributed by atoms with Gasteiger partial charge in [0.2, 0.25) is 0 Å². The molecule has 34 heavy (non-hydrogen) atoms. The SMILES string of the molecule is O=C(NC1Cc2ccccc2C1)N1CCN(c2ccc(S(=O)(=O)Nc3ccncn3)cc2)CC1. The van der Waals surface area contributed by atoms with Crippen molar-refractivity contribution in [2.75, 3.05) is 35.8 Å². The van der Waals surface area contributed by atoms with Gasteiger partial charge in [0.1, 0.15) is 12.1 Å². The van der Waals surface area contributed by atoms with Crippen molar-refractivity contribution in [3.63, 3.8) is 0 Å². The molecule has 1 aromatic heterocycles. The number of sulfonamides is 1. The molecule has 2 amide bonds. The Morgan fingerprint density at radius 2 is 1.59 bits per heavy atom. The second-order valence-corrected chi connectivity index (χ2v) is 10.2. The van der Waals surface area contributed by atoms with Crippen LogP contribution in [0.5, 0.6) is 0 Å². The van der Waals surface area contributed by atoms with Crippen LogP contribution in [0.15, 0.2) is 72.0 Å². The molecule has 1 aliphatic heterocycles. The van der Waals surface area contributed by atoms with E-state index in [0.717, 1.165) is 18.5 Å². The highest BCUT2D eigenvalue weighted by molar-refractivity contribution is 7.92. The Morgan fingerprint density at radius 1 is 0.912 bits per heavy atom. The lowest BCUT2D eigenvalue weighted by Gasteiger charge is -2.36. The van der Waals surface area contributed by atoms with E-state index in [4.69, 9.17) is 0 Å². The monoisotopic (exact) mass is 478 g/mol. The quantitative estimate of drug-likeness (QED) is 0.583. The number of nitrogens with zero attached hydrogens (tertiary/aromatic N) is 4. The van der Waals surface area contributed by atoms with Crippen LogP contribution in [0.1, 0.15) is 11.1 Å². The number of hydrogen-bond donors (Lipinski definition) is 2. The molecule has 2 heterocycles. The Labute approximate surface area is 198 Å². The molecule has 3 aromatic rings. The third kappa shape index (κ3) is 4.81. The lowest BCUT2D eigenvalue weighted by molar-refractivity contribution is 0.190. The summed E-state index contributed by atoms with van der Waals surface area (Å²) < 4.78 is 27.6. The zero-order valence-electron chi connectivity index (χ0n) is 18.6. The molecule has 0 unspecified atom stereocenters. The summed E-state index contributed by atoms with van der Waals surface area (Å²) in [6.07, 6.45) is 4.51.